The summed E-state index contributed by atoms with van der Waals surface area (Å²) in [4.78, 5) is 74.0. The van der Waals surface area contributed by atoms with Crippen LogP contribution in [-0.2, 0) is 78.0 Å². The lowest BCUT2D eigenvalue weighted by Crippen LogP contribution is -2.69. The van der Waals surface area contributed by atoms with Gasteiger partial charge in [-0.05, 0) is 22.4 Å². The minimum absolute atomic E-state index is 0.0483. The number of benzene rings is 2. The normalized spacial score (nSPS) is 28.6. The van der Waals surface area contributed by atoms with Gasteiger partial charge in [0.15, 0.2) is 37.0 Å². The lowest BCUT2D eigenvalue weighted by atomic mass is 9.95. The topological polar surface area (TPSA) is 198 Å². The molecule has 0 saturated carbocycles. The maximum absolute atomic E-state index is 12.6. The molecule has 2 saturated heterocycles. The highest BCUT2D eigenvalue weighted by Crippen LogP contribution is 2.35. The van der Waals surface area contributed by atoms with Crippen molar-refractivity contribution < 1.29 is 71.4 Å². The van der Waals surface area contributed by atoms with Crippen LogP contribution < -0.4 is 5.32 Å². The van der Waals surface area contributed by atoms with Crippen LogP contribution in [0.15, 0.2) is 42.5 Å². The third kappa shape index (κ3) is 10.9. The second kappa shape index (κ2) is 18.5. The molecule has 4 rings (SSSR count). The summed E-state index contributed by atoms with van der Waals surface area (Å²) < 4.78 is 52.7. The molecular weight excluding hydrogens is 706 g/mol. The van der Waals surface area contributed by atoms with Gasteiger partial charge < -0.3 is 47.9 Å². The van der Waals surface area contributed by atoms with Gasteiger partial charge in [0.05, 0.1) is 6.61 Å². The second-order valence-electron chi connectivity index (χ2n) is 12.2. The molecule has 2 aromatic rings. The molecule has 16 nitrogen and oxygen atoms in total. The first kappa shape index (κ1) is 40.5. The van der Waals surface area contributed by atoms with Crippen molar-refractivity contribution in [2.24, 2.45) is 0 Å². The van der Waals surface area contributed by atoms with Crippen molar-refractivity contribution in [2.45, 2.75) is 109 Å². The van der Waals surface area contributed by atoms with Crippen molar-refractivity contribution >= 4 is 59.2 Å². The number of thiol groups is 1. The molecule has 10 atom stereocenters. The number of rotatable bonds is 13. The lowest BCUT2D eigenvalue weighted by Gasteiger charge is -2.49. The standard InChI is InChI=1S/C35H43NO15S/c1-17(37)36-28-31(47-21(5)41)30(46-20(4)40)27(16-52)50-34(28)51-32-29(45-19(3)39)26(15-43-18(2)38)49-35(33(32)48-22(6)42)44-14-23-11-12-24-9-7-8-10-25(24)13-23/h7-13,26-35,52H,14-16H2,1-6H3,(H,36,37)/t26-,27-,28-,29-,30-,31-,32+,33-,34+,35-/m1/s1. The third-order valence-corrected chi connectivity index (χ3v) is 8.33. The Balaban J connectivity index is 1.78. The molecule has 1 N–H and O–H groups in total. The Morgan fingerprint density at radius 3 is 1.79 bits per heavy atom. The predicted octanol–water partition coefficient (Wildman–Crippen LogP) is 1.92. The van der Waals surface area contributed by atoms with Crippen LogP contribution in [0.25, 0.3) is 10.8 Å². The molecular formula is C35H43NO15S. The van der Waals surface area contributed by atoms with Gasteiger partial charge in [0, 0.05) is 47.3 Å². The summed E-state index contributed by atoms with van der Waals surface area (Å²) in [5.74, 6) is -4.44. The van der Waals surface area contributed by atoms with Crippen LogP contribution in [0.1, 0.15) is 47.1 Å². The van der Waals surface area contributed by atoms with Crippen LogP contribution in [0, 0.1) is 0 Å². The van der Waals surface area contributed by atoms with Crippen molar-refractivity contribution in [1.82, 2.24) is 5.32 Å². The minimum Gasteiger partial charge on any atom is -0.463 e. The maximum Gasteiger partial charge on any atom is 0.303 e. The van der Waals surface area contributed by atoms with E-state index in [1.807, 2.05) is 42.5 Å². The fourth-order valence-corrected chi connectivity index (χ4v) is 6.33. The Bertz CT molecular complexity index is 1620. The minimum atomic E-state index is -1.55. The Hall–Kier alpha value is -4.29. The summed E-state index contributed by atoms with van der Waals surface area (Å²) in [6, 6.07) is 12.0. The number of amides is 1. The largest absolute Gasteiger partial charge is 0.463 e. The van der Waals surface area contributed by atoms with Gasteiger partial charge in [-0.25, -0.2) is 0 Å². The van der Waals surface area contributed by atoms with Gasteiger partial charge in [-0.1, -0.05) is 36.4 Å². The van der Waals surface area contributed by atoms with Crippen LogP contribution in [0.3, 0.4) is 0 Å². The number of fused-ring (bicyclic) bond motifs is 1. The van der Waals surface area contributed by atoms with Gasteiger partial charge in [-0.2, -0.15) is 12.6 Å². The molecule has 0 radical (unpaired) electrons. The van der Waals surface area contributed by atoms with E-state index in [2.05, 4.69) is 17.9 Å². The van der Waals surface area contributed by atoms with E-state index in [1.165, 1.54) is 13.8 Å². The molecule has 0 aliphatic carbocycles. The summed E-state index contributed by atoms with van der Waals surface area (Å²) in [5.41, 5.74) is 0.735. The van der Waals surface area contributed by atoms with E-state index in [1.54, 1.807) is 0 Å². The van der Waals surface area contributed by atoms with E-state index in [-0.39, 0.29) is 12.4 Å². The molecule has 2 aliphatic rings. The molecule has 2 fully saturated rings. The predicted molar refractivity (Wildman–Crippen MR) is 181 cm³/mol. The maximum atomic E-state index is 12.6. The average Bonchev–Trinajstić information content (AvgIpc) is 3.06. The van der Waals surface area contributed by atoms with E-state index in [4.69, 9.17) is 42.6 Å². The molecule has 0 unspecified atom stereocenters. The number of esters is 5. The Morgan fingerprint density at radius 2 is 1.21 bits per heavy atom. The average molecular weight is 750 g/mol. The number of carbonyl (C=O) groups excluding carboxylic acids is 6. The third-order valence-electron chi connectivity index (χ3n) is 7.97. The highest BCUT2D eigenvalue weighted by atomic mass is 32.1. The fraction of sp³-hybridized carbons (Fsp3) is 0.543. The molecule has 0 bridgehead atoms. The van der Waals surface area contributed by atoms with Gasteiger partial charge in [-0.3, -0.25) is 28.8 Å². The number of ether oxygens (including phenoxy) is 9. The van der Waals surface area contributed by atoms with Gasteiger partial charge in [0.2, 0.25) is 5.91 Å². The molecule has 0 spiro atoms. The summed E-state index contributed by atoms with van der Waals surface area (Å²) in [5, 5.41) is 4.58. The van der Waals surface area contributed by atoms with Gasteiger partial charge in [-0.15, -0.1) is 0 Å². The van der Waals surface area contributed by atoms with Gasteiger partial charge in [0.25, 0.3) is 0 Å². The van der Waals surface area contributed by atoms with E-state index in [0.717, 1.165) is 44.0 Å². The molecule has 284 valence electrons. The van der Waals surface area contributed by atoms with Crippen LogP contribution in [0.5, 0.6) is 0 Å². The molecule has 1 amide bonds. The van der Waals surface area contributed by atoms with Crippen LogP contribution in [0.2, 0.25) is 0 Å². The van der Waals surface area contributed by atoms with Crippen molar-refractivity contribution in [2.75, 3.05) is 12.4 Å². The summed E-state index contributed by atoms with van der Waals surface area (Å²) in [6.45, 7) is 6.40. The quantitative estimate of drug-likeness (QED) is 0.171. The second-order valence-corrected chi connectivity index (χ2v) is 12.6. The zero-order valence-electron chi connectivity index (χ0n) is 29.5. The number of nitrogens with one attached hydrogen (secondary N) is 1. The van der Waals surface area contributed by atoms with Crippen molar-refractivity contribution in [3.05, 3.63) is 48.0 Å². The van der Waals surface area contributed by atoms with Crippen molar-refractivity contribution in [3.63, 3.8) is 0 Å². The van der Waals surface area contributed by atoms with Crippen LogP contribution >= 0.6 is 12.6 Å². The van der Waals surface area contributed by atoms with Crippen LogP contribution in [0.4, 0.5) is 0 Å². The molecule has 52 heavy (non-hydrogen) atoms. The van der Waals surface area contributed by atoms with Crippen molar-refractivity contribution in [1.29, 1.82) is 0 Å². The number of carbonyl (C=O) groups is 6. The highest BCUT2D eigenvalue weighted by molar-refractivity contribution is 7.80. The highest BCUT2D eigenvalue weighted by Gasteiger charge is 2.56. The number of hydrogen-bond acceptors (Lipinski definition) is 16. The first-order valence-corrected chi connectivity index (χ1v) is 17.1. The molecule has 2 aromatic carbocycles. The van der Waals surface area contributed by atoms with E-state index >= 15 is 0 Å². The monoisotopic (exact) mass is 749 g/mol. The van der Waals surface area contributed by atoms with Crippen molar-refractivity contribution in [3.8, 4) is 0 Å². The first-order chi connectivity index (χ1) is 24.7. The molecule has 2 heterocycles. The lowest BCUT2D eigenvalue weighted by molar-refractivity contribution is -0.348. The van der Waals surface area contributed by atoms with Gasteiger partial charge in [0.1, 0.15) is 31.0 Å². The zero-order chi connectivity index (χ0) is 38.1. The first-order valence-electron chi connectivity index (χ1n) is 16.4. The summed E-state index contributed by atoms with van der Waals surface area (Å²) in [7, 11) is 0. The molecule has 17 heteroatoms. The summed E-state index contributed by atoms with van der Waals surface area (Å²) in [6.07, 6.45) is -12.3. The summed E-state index contributed by atoms with van der Waals surface area (Å²) >= 11 is 4.34. The van der Waals surface area contributed by atoms with E-state index < -0.39 is 104 Å². The zero-order valence-corrected chi connectivity index (χ0v) is 30.4. The van der Waals surface area contributed by atoms with Gasteiger partial charge >= 0.3 is 29.8 Å². The van der Waals surface area contributed by atoms with E-state index in [9.17, 15) is 28.8 Å². The molecule has 0 aromatic heterocycles. The van der Waals surface area contributed by atoms with E-state index in [0.29, 0.717) is 0 Å². The Morgan fingerprint density at radius 1 is 0.654 bits per heavy atom. The fourth-order valence-electron chi connectivity index (χ4n) is 6.03. The molecule has 2 aliphatic heterocycles. The van der Waals surface area contributed by atoms with Crippen LogP contribution in [-0.4, -0.2) is 109 Å². The Kier molecular flexibility index (Phi) is 14.4. The smallest absolute Gasteiger partial charge is 0.303 e. The Labute approximate surface area is 305 Å². The SMILES string of the molecule is CC(=O)N[C@H]1[C@H](O[C@@H]2[C@@H](OC(C)=O)[C@H](OCc3ccc4ccccc4c3)O[C@H](COC(C)=O)[C@H]2OC(C)=O)O[C@H](CS)[C@@H](OC(C)=O)[C@@H]1OC(C)=O. The number of hydrogen-bond donors (Lipinski definition) is 2.